The third-order valence-electron chi connectivity index (χ3n) is 5.80. The van der Waals surface area contributed by atoms with E-state index in [2.05, 4.69) is 13.8 Å². The van der Waals surface area contributed by atoms with Gasteiger partial charge in [-0.1, -0.05) is 85.0 Å². The quantitative estimate of drug-likeness (QED) is 0.163. The van der Waals surface area contributed by atoms with E-state index in [0.717, 1.165) is 45.2 Å². The van der Waals surface area contributed by atoms with Crippen LogP contribution in [0, 0.1) is 5.41 Å². The average Bonchev–Trinajstić information content (AvgIpc) is 2.74. The Kier molecular flexibility index (Phi) is 17.7. The first-order valence-corrected chi connectivity index (χ1v) is 12.5. The van der Waals surface area contributed by atoms with E-state index in [1.54, 1.807) is 0 Å². The summed E-state index contributed by atoms with van der Waals surface area (Å²) in [4.78, 5) is 26.4. The summed E-state index contributed by atoms with van der Waals surface area (Å²) in [6.45, 7) is 11.9. The zero-order chi connectivity index (χ0) is 22.7. The van der Waals surface area contributed by atoms with Gasteiger partial charge in [0, 0.05) is 13.1 Å². The molecule has 1 amide bonds. The normalized spacial score (nSPS) is 11.4. The molecule has 0 aliphatic rings. The fourth-order valence-corrected chi connectivity index (χ4v) is 3.15. The number of unbranched alkanes of at least 4 members (excludes halogenated alkanes) is 10. The Labute approximate surface area is 186 Å². The minimum atomic E-state index is -0.494. The number of carbonyl (C=O) groups excluding carboxylic acids is 2. The Morgan fingerprint density at radius 2 is 1.10 bits per heavy atom. The van der Waals surface area contributed by atoms with E-state index >= 15 is 0 Å². The number of carbonyl (C=O) groups is 2. The summed E-state index contributed by atoms with van der Waals surface area (Å²) in [5, 5.41) is 0. The zero-order valence-corrected chi connectivity index (χ0v) is 20.6. The van der Waals surface area contributed by atoms with Gasteiger partial charge < -0.3 is 14.4 Å². The van der Waals surface area contributed by atoms with Crippen LogP contribution in [0.15, 0.2) is 0 Å². The second-order valence-electron chi connectivity index (χ2n) is 9.01. The van der Waals surface area contributed by atoms with Gasteiger partial charge in [0.25, 0.3) is 0 Å². The molecular formula is C25H49NO4. The van der Waals surface area contributed by atoms with Crippen LogP contribution in [-0.2, 0) is 14.3 Å². The Balaban J connectivity index is 4.28. The molecular weight excluding hydrogens is 378 g/mol. The zero-order valence-electron chi connectivity index (χ0n) is 20.6. The van der Waals surface area contributed by atoms with Gasteiger partial charge in [-0.05, 0) is 33.1 Å². The Hall–Kier alpha value is -1.26. The summed E-state index contributed by atoms with van der Waals surface area (Å²) < 4.78 is 10.7. The molecule has 0 heterocycles. The molecule has 0 spiro atoms. The van der Waals surface area contributed by atoms with Crippen LogP contribution in [0.4, 0.5) is 4.79 Å². The summed E-state index contributed by atoms with van der Waals surface area (Å²) >= 11 is 0. The van der Waals surface area contributed by atoms with Gasteiger partial charge in [0.2, 0.25) is 0 Å². The number of esters is 1. The molecule has 30 heavy (non-hydrogen) atoms. The molecule has 0 bridgehead atoms. The van der Waals surface area contributed by atoms with Gasteiger partial charge in [-0.25, -0.2) is 4.79 Å². The maximum Gasteiger partial charge on any atom is 0.409 e. The van der Waals surface area contributed by atoms with Crippen molar-refractivity contribution in [2.45, 2.75) is 118 Å². The van der Waals surface area contributed by atoms with Crippen molar-refractivity contribution in [3.8, 4) is 0 Å². The smallest absolute Gasteiger partial charge is 0.409 e. The highest BCUT2D eigenvalue weighted by atomic mass is 16.6. The molecule has 0 radical (unpaired) electrons. The molecule has 0 saturated heterocycles. The summed E-state index contributed by atoms with van der Waals surface area (Å²) in [6, 6.07) is 0. The van der Waals surface area contributed by atoms with Gasteiger partial charge in [-0.2, -0.15) is 0 Å². The summed E-state index contributed by atoms with van der Waals surface area (Å²) in [7, 11) is 0. The third-order valence-corrected chi connectivity index (χ3v) is 5.80. The molecule has 0 saturated carbocycles. The Morgan fingerprint density at radius 1 is 0.667 bits per heavy atom. The average molecular weight is 428 g/mol. The van der Waals surface area contributed by atoms with Crippen molar-refractivity contribution < 1.29 is 19.1 Å². The maximum absolute atomic E-state index is 12.5. The van der Waals surface area contributed by atoms with Gasteiger partial charge in [-0.15, -0.1) is 0 Å². The van der Waals surface area contributed by atoms with Crippen molar-refractivity contribution >= 4 is 12.1 Å². The molecule has 0 N–H and O–H groups in total. The van der Waals surface area contributed by atoms with Gasteiger partial charge in [-0.3, -0.25) is 4.79 Å². The summed E-state index contributed by atoms with van der Waals surface area (Å²) in [6.07, 6.45) is 14.9. The predicted octanol–water partition coefficient (Wildman–Crippen LogP) is 7.13. The minimum Gasteiger partial charge on any atom is -0.462 e. The molecule has 0 aliphatic heterocycles. The van der Waals surface area contributed by atoms with E-state index < -0.39 is 5.41 Å². The second kappa shape index (κ2) is 18.5. The molecule has 0 unspecified atom stereocenters. The van der Waals surface area contributed by atoms with Crippen LogP contribution in [0.5, 0.6) is 0 Å². The van der Waals surface area contributed by atoms with Gasteiger partial charge in [0.1, 0.15) is 13.2 Å². The summed E-state index contributed by atoms with van der Waals surface area (Å²) in [5.74, 6) is -0.239. The van der Waals surface area contributed by atoms with Crippen LogP contribution in [-0.4, -0.2) is 43.3 Å². The van der Waals surface area contributed by atoms with Gasteiger partial charge in [0.15, 0.2) is 0 Å². The molecule has 178 valence electrons. The lowest BCUT2D eigenvalue weighted by Crippen LogP contribution is -2.34. The molecule has 0 atom stereocenters. The van der Waals surface area contributed by atoms with Crippen LogP contribution in [0.2, 0.25) is 0 Å². The number of rotatable bonds is 19. The fourth-order valence-electron chi connectivity index (χ4n) is 3.15. The molecule has 5 heteroatoms. The Morgan fingerprint density at radius 3 is 1.57 bits per heavy atom. The number of amides is 1. The lowest BCUT2D eigenvalue weighted by atomic mass is 9.91. The number of nitrogens with zero attached hydrogens (tertiary/aromatic N) is 1. The minimum absolute atomic E-state index is 0.119. The molecule has 0 aromatic rings. The fraction of sp³-hybridized carbons (Fsp3) is 0.920. The highest BCUT2D eigenvalue weighted by Crippen LogP contribution is 2.21. The lowest BCUT2D eigenvalue weighted by molar-refractivity contribution is -0.155. The van der Waals surface area contributed by atoms with E-state index in [1.807, 2.05) is 25.7 Å². The van der Waals surface area contributed by atoms with Crippen molar-refractivity contribution in [3.05, 3.63) is 0 Å². The van der Waals surface area contributed by atoms with E-state index in [9.17, 15) is 9.59 Å². The second-order valence-corrected chi connectivity index (χ2v) is 9.01. The molecule has 0 fully saturated rings. The van der Waals surface area contributed by atoms with Gasteiger partial charge in [0.05, 0.1) is 5.41 Å². The topological polar surface area (TPSA) is 55.8 Å². The van der Waals surface area contributed by atoms with E-state index in [1.165, 1.54) is 51.4 Å². The standard InChI is InChI=1S/C25H49NO4/c1-6-9-11-13-15-17-19-26(20-18-16-14-12-10-7-2)24(28)30-22-21-29-23(27)25(4,5)8-3/h6-22H2,1-5H3. The largest absolute Gasteiger partial charge is 0.462 e. The maximum atomic E-state index is 12.5. The number of ether oxygens (including phenoxy) is 2. The molecule has 5 nitrogen and oxygen atoms in total. The lowest BCUT2D eigenvalue weighted by Gasteiger charge is -2.23. The molecule has 0 aliphatic carbocycles. The first-order chi connectivity index (χ1) is 14.4. The van der Waals surface area contributed by atoms with Gasteiger partial charge >= 0.3 is 12.1 Å². The van der Waals surface area contributed by atoms with Crippen molar-refractivity contribution in [2.24, 2.45) is 5.41 Å². The van der Waals surface area contributed by atoms with Crippen LogP contribution >= 0.6 is 0 Å². The highest BCUT2D eigenvalue weighted by molar-refractivity contribution is 5.75. The van der Waals surface area contributed by atoms with Crippen LogP contribution in [0.3, 0.4) is 0 Å². The molecule has 0 aromatic heterocycles. The Bertz CT molecular complexity index is 421. The first-order valence-electron chi connectivity index (χ1n) is 12.5. The van der Waals surface area contributed by atoms with E-state index in [-0.39, 0.29) is 25.3 Å². The van der Waals surface area contributed by atoms with E-state index in [4.69, 9.17) is 9.47 Å². The highest BCUT2D eigenvalue weighted by Gasteiger charge is 2.27. The van der Waals surface area contributed by atoms with E-state index in [0.29, 0.717) is 0 Å². The number of hydrogen-bond donors (Lipinski definition) is 0. The predicted molar refractivity (Wildman–Crippen MR) is 125 cm³/mol. The first kappa shape index (κ1) is 28.7. The third kappa shape index (κ3) is 14.7. The SMILES string of the molecule is CCCCCCCCN(CCCCCCCC)C(=O)OCCOC(=O)C(C)(C)CC. The van der Waals surface area contributed by atoms with Crippen molar-refractivity contribution in [2.75, 3.05) is 26.3 Å². The molecule has 0 rings (SSSR count). The van der Waals surface area contributed by atoms with Crippen LogP contribution in [0.1, 0.15) is 118 Å². The monoisotopic (exact) mass is 427 g/mol. The van der Waals surface area contributed by atoms with Crippen LogP contribution in [0.25, 0.3) is 0 Å². The van der Waals surface area contributed by atoms with Crippen molar-refractivity contribution in [1.82, 2.24) is 4.90 Å². The van der Waals surface area contributed by atoms with Crippen LogP contribution < -0.4 is 0 Å². The summed E-state index contributed by atoms with van der Waals surface area (Å²) in [5.41, 5.74) is -0.494. The molecule has 0 aromatic carbocycles. The van der Waals surface area contributed by atoms with Crippen molar-refractivity contribution in [3.63, 3.8) is 0 Å². The van der Waals surface area contributed by atoms with Crippen molar-refractivity contribution in [1.29, 1.82) is 0 Å². The number of hydrogen-bond acceptors (Lipinski definition) is 4.